The van der Waals surface area contributed by atoms with Gasteiger partial charge in [-0.05, 0) is 24.2 Å². The number of nitrogens with one attached hydrogen (secondary N) is 1. The summed E-state index contributed by atoms with van der Waals surface area (Å²) < 4.78 is 3.18. The van der Waals surface area contributed by atoms with Gasteiger partial charge in [0.15, 0.2) is 0 Å². The Bertz CT molecular complexity index is 134. The van der Waals surface area contributed by atoms with Crippen LogP contribution >= 0.6 is 22.9 Å². The van der Waals surface area contributed by atoms with Crippen LogP contribution in [0, 0.1) is 11.3 Å². The van der Waals surface area contributed by atoms with E-state index in [-0.39, 0.29) is 0 Å². The Morgan fingerprint density at radius 1 is 1.25 bits per heavy atom. The third kappa shape index (κ3) is 2.85. The van der Waals surface area contributed by atoms with Crippen LogP contribution in [0.4, 0.5) is 0 Å². The number of hydrogen-bond donors (Lipinski definition) is 1. The van der Waals surface area contributed by atoms with Crippen LogP contribution in [0.1, 0.15) is 33.6 Å². The zero-order valence-electron chi connectivity index (χ0n) is 8.23. The van der Waals surface area contributed by atoms with Gasteiger partial charge < -0.3 is 0 Å². The maximum Gasteiger partial charge on any atom is 0.0336 e. The average molecular weight is 282 g/mol. The molecule has 0 spiro atoms. The van der Waals surface area contributed by atoms with Crippen molar-refractivity contribution >= 4 is 22.9 Å². The molecule has 1 fully saturated rings. The molecule has 12 heavy (non-hydrogen) atoms. The summed E-state index contributed by atoms with van der Waals surface area (Å²) >= 11 is 2.21. The largest absolute Gasteiger partial charge is 0.235 e. The molecular weight excluding hydrogens is 263 g/mol. The van der Waals surface area contributed by atoms with Crippen LogP contribution < -0.4 is 3.64 Å². The van der Waals surface area contributed by atoms with Crippen molar-refractivity contribution in [2.24, 2.45) is 11.3 Å². The molecule has 1 heterocycles. The van der Waals surface area contributed by atoms with E-state index < -0.39 is 0 Å². The summed E-state index contributed by atoms with van der Waals surface area (Å²) in [5, 5.41) is 2.29. The number of hydrazine groups is 1. The summed E-state index contributed by atoms with van der Waals surface area (Å²) in [5.41, 5.74) is 0.497. The molecule has 1 N–H and O–H groups in total. The molecule has 0 bridgehead atoms. The highest BCUT2D eigenvalue weighted by atomic mass is 127. The van der Waals surface area contributed by atoms with Crippen molar-refractivity contribution in [3.05, 3.63) is 0 Å². The molecule has 0 aromatic heterocycles. The molecule has 2 nitrogen and oxygen atoms in total. The van der Waals surface area contributed by atoms with Crippen LogP contribution in [0.5, 0.6) is 0 Å². The van der Waals surface area contributed by atoms with E-state index in [4.69, 9.17) is 0 Å². The van der Waals surface area contributed by atoms with Gasteiger partial charge in [0.05, 0.1) is 0 Å². The van der Waals surface area contributed by atoms with Crippen molar-refractivity contribution in [3.8, 4) is 0 Å². The van der Waals surface area contributed by atoms with Gasteiger partial charge in [0, 0.05) is 36.0 Å². The predicted molar refractivity (Wildman–Crippen MR) is 60.9 cm³/mol. The van der Waals surface area contributed by atoms with E-state index in [2.05, 4.69) is 52.3 Å². The fourth-order valence-corrected chi connectivity index (χ4v) is 2.31. The number of piperidine rings is 1. The summed E-state index contributed by atoms with van der Waals surface area (Å²) in [6.45, 7) is 9.45. The van der Waals surface area contributed by atoms with Gasteiger partial charge in [-0.15, -0.1) is 0 Å². The maximum absolute atomic E-state index is 3.18. The molecule has 1 aliphatic heterocycles. The second-order valence-electron chi connectivity index (χ2n) is 4.71. The maximum atomic E-state index is 3.18. The molecule has 0 saturated carbocycles. The Morgan fingerprint density at radius 2 is 1.75 bits per heavy atom. The molecular formula is C9H19IN2. The second-order valence-corrected chi connectivity index (χ2v) is 5.19. The topological polar surface area (TPSA) is 15.3 Å². The monoisotopic (exact) mass is 282 g/mol. The molecule has 0 aliphatic carbocycles. The minimum absolute atomic E-state index is 0.497. The van der Waals surface area contributed by atoms with Crippen molar-refractivity contribution in [2.45, 2.75) is 33.6 Å². The van der Waals surface area contributed by atoms with Crippen molar-refractivity contribution in [2.75, 3.05) is 13.1 Å². The number of hydrogen-bond acceptors (Lipinski definition) is 2. The van der Waals surface area contributed by atoms with E-state index >= 15 is 0 Å². The summed E-state index contributed by atoms with van der Waals surface area (Å²) in [4.78, 5) is 0. The number of nitrogens with zero attached hydrogens (tertiary/aromatic N) is 1. The zero-order chi connectivity index (χ0) is 9.19. The second kappa shape index (κ2) is 4.24. The first kappa shape index (κ1) is 10.7. The van der Waals surface area contributed by atoms with E-state index in [9.17, 15) is 0 Å². The fraction of sp³-hybridized carbons (Fsp3) is 1.00. The molecule has 72 valence electrons. The minimum atomic E-state index is 0.497. The molecule has 0 radical (unpaired) electrons. The van der Waals surface area contributed by atoms with Crippen molar-refractivity contribution < 1.29 is 0 Å². The lowest BCUT2D eigenvalue weighted by molar-refractivity contribution is 0.105. The van der Waals surface area contributed by atoms with E-state index in [1.165, 1.54) is 25.9 Å². The smallest absolute Gasteiger partial charge is 0.0336 e. The molecule has 0 unspecified atom stereocenters. The first-order chi connectivity index (χ1) is 5.54. The first-order valence-corrected chi connectivity index (χ1v) is 5.73. The molecule has 1 aliphatic rings. The average Bonchev–Trinajstić information content (AvgIpc) is 2.03. The van der Waals surface area contributed by atoms with Crippen molar-refractivity contribution in [1.29, 1.82) is 0 Å². The van der Waals surface area contributed by atoms with E-state index in [0.29, 0.717) is 5.41 Å². The molecule has 1 saturated heterocycles. The van der Waals surface area contributed by atoms with Gasteiger partial charge in [-0.3, -0.25) is 0 Å². The Balaban J connectivity index is 2.36. The van der Waals surface area contributed by atoms with Crippen LogP contribution in [-0.2, 0) is 0 Å². The highest BCUT2D eigenvalue weighted by Gasteiger charge is 2.28. The van der Waals surface area contributed by atoms with Crippen molar-refractivity contribution in [1.82, 2.24) is 8.65 Å². The highest BCUT2D eigenvalue weighted by molar-refractivity contribution is 14.1. The van der Waals surface area contributed by atoms with Crippen molar-refractivity contribution in [3.63, 3.8) is 0 Å². The molecule has 0 aromatic rings. The van der Waals surface area contributed by atoms with Gasteiger partial charge in [-0.2, -0.15) is 3.64 Å². The summed E-state index contributed by atoms with van der Waals surface area (Å²) in [5.74, 6) is 0.901. The lowest BCUT2D eigenvalue weighted by Crippen LogP contribution is -2.41. The van der Waals surface area contributed by atoms with Gasteiger partial charge >= 0.3 is 0 Å². The third-order valence-corrected chi connectivity index (χ3v) is 3.52. The number of halogens is 1. The Kier molecular flexibility index (Phi) is 3.79. The standard InChI is InChI=1S/C9H19IN2/c1-9(2,3)8-4-6-12(11-10)7-5-8/h8,11H,4-7H2,1-3H3. The van der Waals surface area contributed by atoms with Gasteiger partial charge in [-0.25, -0.2) is 5.01 Å². The molecule has 0 amide bonds. The predicted octanol–water partition coefficient (Wildman–Crippen LogP) is 2.60. The van der Waals surface area contributed by atoms with E-state index in [1.54, 1.807) is 0 Å². The fourth-order valence-electron chi connectivity index (χ4n) is 1.83. The summed E-state index contributed by atoms with van der Waals surface area (Å²) in [6, 6.07) is 0. The quantitative estimate of drug-likeness (QED) is 0.587. The Labute approximate surface area is 89.6 Å². The van der Waals surface area contributed by atoms with Gasteiger partial charge in [0.25, 0.3) is 0 Å². The number of rotatable bonds is 1. The Hall–Kier alpha value is 0.650. The van der Waals surface area contributed by atoms with E-state index in [0.717, 1.165) is 5.92 Å². The lowest BCUT2D eigenvalue weighted by atomic mass is 9.75. The van der Waals surface area contributed by atoms with Crippen LogP contribution in [0.3, 0.4) is 0 Å². The summed E-state index contributed by atoms with van der Waals surface area (Å²) in [6.07, 6.45) is 2.67. The zero-order valence-corrected chi connectivity index (χ0v) is 10.4. The van der Waals surface area contributed by atoms with E-state index in [1.807, 2.05) is 0 Å². The minimum Gasteiger partial charge on any atom is -0.235 e. The van der Waals surface area contributed by atoms with Crippen LogP contribution in [0.25, 0.3) is 0 Å². The highest BCUT2D eigenvalue weighted by Crippen LogP contribution is 2.33. The molecule has 0 aromatic carbocycles. The van der Waals surface area contributed by atoms with Gasteiger partial charge in [0.1, 0.15) is 0 Å². The van der Waals surface area contributed by atoms with Crippen LogP contribution in [0.15, 0.2) is 0 Å². The normalized spacial score (nSPS) is 23.0. The molecule has 1 rings (SSSR count). The SMILES string of the molecule is CC(C)(C)C1CCN(NI)CC1. The molecule has 3 heteroatoms. The molecule has 0 atom stereocenters. The lowest BCUT2D eigenvalue weighted by Gasteiger charge is -2.37. The first-order valence-electron chi connectivity index (χ1n) is 4.65. The third-order valence-electron chi connectivity index (χ3n) is 2.84. The van der Waals surface area contributed by atoms with Crippen LogP contribution in [0.2, 0.25) is 0 Å². The Morgan fingerprint density at radius 3 is 2.08 bits per heavy atom. The van der Waals surface area contributed by atoms with Gasteiger partial charge in [0.2, 0.25) is 0 Å². The summed E-state index contributed by atoms with van der Waals surface area (Å²) in [7, 11) is 0. The van der Waals surface area contributed by atoms with Gasteiger partial charge in [-0.1, -0.05) is 20.8 Å². The van der Waals surface area contributed by atoms with Crippen LogP contribution in [-0.4, -0.2) is 18.1 Å².